The molecular formula is C18H20N8O13. The van der Waals surface area contributed by atoms with E-state index in [0.717, 1.165) is 24.3 Å². The van der Waals surface area contributed by atoms with Crippen LogP contribution in [0.1, 0.15) is 0 Å². The maximum atomic E-state index is 12.0. The van der Waals surface area contributed by atoms with Gasteiger partial charge in [-0.15, -0.1) is 0 Å². The van der Waals surface area contributed by atoms with Gasteiger partial charge in [0.1, 0.15) is 58.5 Å². The molecule has 21 nitrogen and oxygen atoms in total. The first-order valence-electron chi connectivity index (χ1n) is 10.0. The lowest BCUT2D eigenvalue weighted by molar-refractivity contribution is -0.160. The number of amides is 4. The Balaban J connectivity index is 5.78. The number of nitrogens with one attached hydrogen (secondary N) is 4. The molecule has 0 heterocycles. The summed E-state index contributed by atoms with van der Waals surface area (Å²) in [6.45, 7) is -5.52. The molecule has 21 heteroatoms. The third-order valence-corrected chi connectivity index (χ3v) is 3.71. The Kier molecular flexibility index (Phi) is 17.5. The Morgan fingerprint density at radius 1 is 0.513 bits per heavy atom. The molecule has 0 bridgehead atoms. The van der Waals surface area contributed by atoms with Crippen LogP contribution in [0, 0.1) is 5.41 Å². The minimum atomic E-state index is -1.89. The first-order chi connectivity index (χ1) is 18.7. The lowest BCUT2D eigenvalue weighted by Crippen LogP contribution is -2.47. The maximum Gasteiger partial charge on any atom is 0.408 e. The van der Waals surface area contributed by atoms with Gasteiger partial charge in [-0.25, -0.2) is 38.4 Å². The molecule has 0 spiro atoms. The molecule has 0 saturated heterocycles. The molecule has 0 saturated carbocycles. The second-order valence-electron chi connectivity index (χ2n) is 6.47. The van der Waals surface area contributed by atoms with Gasteiger partial charge in [-0.1, -0.05) is 0 Å². The summed E-state index contributed by atoms with van der Waals surface area (Å²) in [7, 11) is 0. The van der Waals surface area contributed by atoms with Gasteiger partial charge in [0.05, 0.1) is 0 Å². The highest BCUT2D eigenvalue weighted by Gasteiger charge is 2.38. The molecule has 0 atom stereocenters. The van der Waals surface area contributed by atoms with Crippen LogP contribution < -0.4 is 21.3 Å². The van der Waals surface area contributed by atoms with E-state index in [9.17, 15) is 43.2 Å². The molecule has 0 rings (SSSR count). The normalized spacial score (nSPS) is 10.6. The van der Waals surface area contributed by atoms with E-state index in [4.69, 9.17) is 18.9 Å². The van der Waals surface area contributed by atoms with Gasteiger partial charge >= 0.3 is 30.2 Å². The van der Waals surface area contributed by atoms with Crippen molar-refractivity contribution in [3.8, 4) is 0 Å². The van der Waals surface area contributed by atoms with Gasteiger partial charge in [-0.05, 0) is 0 Å². The van der Waals surface area contributed by atoms with Gasteiger partial charge < -0.3 is 40.2 Å². The molecule has 0 aromatic rings. The molecule has 39 heavy (non-hydrogen) atoms. The van der Waals surface area contributed by atoms with Crippen molar-refractivity contribution in [2.75, 3.05) is 53.1 Å². The number of carbonyl (C=O) groups is 5. The van der Waals surface area contributed by atoms with Crippen molar-refractivity contribution in [2.24, 2.45) is 25.4 Å². The Bertz CT molecular complexity index is 978. The zero-order valence-electron chi connectivity index (χ0n) is 19.8. The maximum absolute atomic E-state index is 12.0. The van der Waals surface area contributed by atoms with Crippen molar-refractivity contribution in [2.45, 2.75) is 0 Å². The molecule has 0 aliphatic heterocycles. The number of aliphatic imine (C=N–C) groups is 4. The SMILES string of the molecule is O=C=NCNC(=O)OCC(COC(=O)NCN=C=O)(COC(=O)NCN=C=O)COC(=O)C(=O)NCN=C=O. The zero-order valence-corrected chi connectivity index (χ0v) is 19.8. The van der Waals surface area contributed by atoms with E-state index >= 15 is 0 Å². The highest BCUT2D eigenvalue weighted by Crippen LogP contribution is 2.21. The van der Waals surface area contributed by atoms with Gasteiger partial charge in [0.25, 0.3) is 0 Å². The smallest absolute Gasteiger partial charge is 0.408 e. The number of hydrogen-bond donors (Lipinski definition) is 4. The summed E-state index contributed by atoms with van der Waals surface area (Å²) in [4.78, 5) is 112. The third-order valence-electron chi connectivity index (χ3n) is 3.71. The average Bonchev–Trinajstić information content (AvgIpc) is 2.92. The van der Waals surface area contributed by atoms with Crippen LogP contribution in [0.4, 0.5) is 14.4 Å². The number of nitrogens with zero attached hydrogens (tertiary/aromatic N) is 4. The average molecular weight is 556 g/mol. The minimum absolute atomic E-state index is 0.528. The Labute approximate surface area is 217 Å². The summed E-state index contributed by atoms with van der Waals surface area (Å²) in [6, 6.07) is 0. The lowest BCUT2D eigenvalue weighted by atomic mass is 9.92. The topological polar surface area (TPSA) is 288 Å². The Morgan fingerprint density at radius 3 is 1.15 bits per heavy atom. The van der Waals surface area contributed by atoms with Gasteiger partial charge in [-0.3, -0.25) is 4.79 Å². The van der Waals surface area contributed by atoms with E-state index in [-0.39, 0.29) is 0 Å². The molecule has 4 amide bonds. The fraction of sp³-hybridized carbons (Fsp3) is 0.500. The minimum Gasteiger partial charge on any atom is -0.458 e. The van der Waals surface area contributed by atoms with Crippen molar-refractivity contribution in [1.29, 1.82) is 0 Å². The van der Waals surface area contributed by atoms with Gasteiger partial charge in [-0.2, -0.15) is 20.0 Å². The largest absolute Gasteiger partial charge is 0.458 e. The molecule has 0 aliphatic carbocycles. The number of carbonyl (C=O) groups excluding carboxylic acids is 9. The summed E-state index contributed by atoms with van der Waals surface area (Å²) in [5.41, 5.74) is -1.89. The third kappa shape index (κ3) is 16.5. The van der Waals surface area contributed by atoms with Crippen LogP contribution >= 0.6 is 0 Å². The lowest BCUT2D eigenvalue weighted by Gasteiger charge is -2.31. The summed E-state index contributed by atoms with van der Waals surface area (Å²) in [5.74, 6) is -2.89. The molecule has 4 N–H and O–H groups in total. The van der Waals surface area contributed by atoms with Crippen LogP contribution in [0.3, 0.4) is 0 Å². The van der Waals surface area contributed by atoms with Crippen LogP contribution in [0.2, 0.25) is 0 Å². The van der Waals surface area contributed by atoms with E-state index in [1.54, 1.807) is 0 Å². The zero-order chi connectivity index (χ0) is 29.4. The summed E-state index contributed by atoms with van der Waals surface area (Å²) in [5, 5.41) is 7.97. The number of rotatable bonds is 16. The van der Waals surface area contributed by atoms with Gasteiger partial charge in [0.15, 0.2) is 0 Å². The second-order valence-corrected chi connectivity index (χ2v) is 6.47. The number of isocyanates is 4. The molecule has 0 aromatic heterocycles. The first kappa shape index (κ1) is 33.3. The highest BCUT2D eigenvalue weighted by atomic mass is 16.6. The fourth-order valence-electron chi connectivity index (χ4n) is 1.97. The molecule has 0 unspecified atom stereocenters. The van der Waals surface area contributed by atoms with Crippen LogP contribution in [0.25, 0.3) is 0 Å². The summed E-state index contributed by atoms with van der Waals surface area (Å²) in [6.07, 6.45) is 1.05. The number of alkyl carbamates (subject to hydrolysis) is 3. The summed E-state index contributed by atoms with van der Waals surface area (Å²) >= 11 is 0. The number of hydrogen-bond acceptors (Lipinski definition) is 17. The molecular weight excluding hydrogens is 536 g/mol. The second kappa shape index (κ2) is 20.5. The Hall–Kier alpha value is -5.73. The van der Waals surface area contributed by atoms with Crippen LogP contribution in [-0.4, -0.2) is 108 Å². The van der Waals surface area contributed by atoms with E-state index in [0.29, 0.717) is 0 Å². The van der Waals surface area contributed by atoms with E-state index in [2.05, 4.69) is 20.0 Å². The summed E-state index contributed by atoms with van der Waals surface area (Å²) < 4.78 is 19.7. The molecule has 0 aliphatic rings. The molecule has 0 radical (unpaired) electrons. The van der Waals surface area contributed by atoms with Crippen molar-refractivity contribution < 1.29 is 62.1 Å². The number of esters is 1. The van der Waals surface area contributed by atoms with Crippen LogP contribution in [0.5, 0.6) is 0 Å². The predicted octanol–water partition coefficient (Wildman–Crippen LogP) is -3.02. The molecule has 0 aromatic carbocycles. The van der Waals surface area contributed by atoms with Crippen molar-refractivity contribution in [1.82, 2.24) is 21.3 Å². The highest BCUT2D eigenvalue weighted by molar-refractivity contribution is 6.32. The fourth-order valence-corrected chi connectivity index (χ4v) is 1.97. The van der Waals surface area contributed by atoms with Crippen molar-refractivity contribution in [3.05, 3.63) is 0 Å². The van der Waals surface area contributed by atoms with Crippen molar-refractivity contribution >= 4 is 54.5 Å². The Morgan fingerprint density at radius 2 is 0.821 bits per heavy atom. The van der Waals surface area contributed by atoms with Gasteiger partial charge in [0, 0.05) is 0 Å². The van der Waals surface area contributed by atoms with Crippen LogP contribution in [-0.2, 0) is 47.7 Å². The molecule has 0 fully saturated rings. The molecule has 210 valence electrons. The number of ether oxygens (including phenoxy) is 4. The predicted molar refractivity (Wildman–Crippen MR) is 117 cm³/mol. The van der Waals surface area contributed by atoms with Gasteiger partial charge in [0.2, 0.25) is 24.3 Å². The van der Waals surface area contributed by atoms with E-state index in [1.807, 2.05) is 21.3 Å². The van der Waals surface area contributed by atoms with Crippen molar-refractivity contribution in [3.63, 3.8) is 0 Å². The van der Waals surface area contributed by atoms with E-state index in [1.165, 1.54) is 0 Å². The monoisotopic (exact) mass is 556 g/mol. The van der Waals surface area contributed by atoms with E-state index < -0.39 is 88.7 Å². The van der Waals surface area contributed by atoms with Crippen LogP contribution in [0.15, 0.2) is 20.0 Å². The first-order valence-corrected chi connectivity index (χ1v) is 10.0. The standard InChI is InChI=1S/C18H20N8O13/c27-9-19-5-23-13(31)14(32)36-1-18(2-37-15(33)24-6-20-10-28,3-38-16(34)25-7-21-11-29)4-39-17(35)26-8-22-12-30/h1-8H2,(H,23,31)(H,24,33)(H,25,34)(H,26,35). The quantitative estimate of drug-likeness (QED) is 0.0484.